The molecule has 0 aliphatic carbocycles. The zero-order valence-corrected chi connectivity index (χ0v) is 18.5. The summed E-state index contributed by atoms with van der Waals surface area (Å²) < 4.78 is 42.9. The van der Waals surface area contributed by atoms with Gasteiger partial charge in [-0.05, 0) is 42.7 Å². The molecule has 0 saturated carbocycles. The van der Waals surface area contributed by atoms with Gasteiger partial charge in [0.2, 0.25) is 0 Å². The Bertz CT molecular complexity index is 1240. The van der Waals surface area contributed by atoms with E-state index in [4.69, 9.17) is 0 Å². The molecule has 0 fully saturated rings. The number of aromatic nitrogens is 4. The van der Waals surface area contributed by atoms with Gasteiger partial charge < -0.3 is 8.80 Å². The fraction of sp³-hybridized carbons (Fsp3) is 0.417. The summed E-state index contributed by atoms with van der Waals surface area (Å²) in [5.74, 6) is 0. The number of rotatable bonds is 4. The van der Waals surface area contributed by atoms with Gasteiger partial charge in [0.15, 0.2) is 0 Å². The van der Waals surface area contributed by atoms with Crippen LogP contribution < -0.4 is 0 Å². The Hall–Kier alpha value is -2.83. The molecular weight excluding hydrogens is 401 g/mol. The summed E-state index contributed by atoms with van der Waals surface area (Å²) in [6.45, 7) is 10.7. The summed E-state index contributed by atoms with van der Waals surface area (Å²) in [4.78, 5) is 8.80. The lowest BCUT2D eigenvalue weighted by atomic mass is 9.83. The molecule has 0 aliphatic heterocycles. The molecule has 31 heavy (non-hydrogen) atoms. The molecular formula is C24H27F3N4. The molecule has 164 valence electrons. The molecule has 0 aliphatic rings. The van der Waals surface area contributed by atoms with Crippen molar-refractivity contribution in [1.29, 1.82) is 0 Å². The van der Waals surface area contributed by atoms with Gasteiger partial charge in [0.1, 0.15) is 11.3 Å². The first kappa shape index (κ1) is 21.4. The number of hydrogen-bond donors (Lipinski definition) is 0. The maximum Gasteiger partial charge on any atom is 0.416 e. The number of imidazole rings is 2. The standard InChI is InChI=1S/C24H27F3N4/c1-22(2,3)18-14-28-20-12-16(7-10-30(18)20)6-9-23(4,5)19-15-29-21-13-17(24(25,26)27)8-11-31(19)21/h7-8,10-15H,6,9H2,1-5H3. The molecule has 0 bridgehead atoms. The predicted molar refractivity (Wildman–Crippen MR) is 115 cm³/mol. The van der Waals surface area contributed by atoms with Crippen LogP contribution in [0.4, 0.5) is 13.2 Å². The van der Waals surface area contributed by atoms with Gasteiger partial charge in [-0.3, -0.25) is 0 Å². The van der Waals surface area contributed by atoms with E-state index in [1.807, 2.05) is 6.20 Å². The van der Waals surface area contributed by atoms with Crippen molar-refractivity contribution in [2.45, 2.75) is 64.5 Å². The van der Waals surface area contributed by atoms with Crippen LogP contribution in [0.25, 0.3) is 11.3 Å². The summed E-state index contributed by atoms with van der Waals surface area (Å²) in [6.07, 6.45) is 4.42. The number of alkyl halides is 3. The van der Waals surface area contributed by atoms with Crippen molar-refractivity contribution in [3.8, 4) is 0 Å². The average Bonchev–Trinajstić information content (AvgIpc) is 3.29. The lowest BCUT2D eigenvalue weighted by molar-refractivity contribution is -0.137. The van der Waals surface area contributed by atoms with E-state index in [2.05, 4.69) is 67.3 Å². The average molecular weight is 429 g/mol. The Labute approximate surface area is 179 Å². The van der Waals surface area contributed by atoms with E-state index < -0.39 is 11.7 Å². The number of hydrogen-bond acceptors (Lipinski definition) is 2. The molecule has 0 aromatic carbocycles. The van der Waals surface area contributed by atoms with Crippen molar-refractivity contribution in [2.75, 3.05) is 0 Å². The SMILES string of the molecule is CC(C)(C)c1cnc2cc(CCC(C)(C)c3cnc4cc(C(F)(F)F)ccn34)ccn12. The van der Waals surface area contributed by atoms with E-state index in [9.17, 15) is 13.2 Å². The molecule has 0 spiro atoms. The van der Waals surface area contributed by atoms with Gasteiger partial charge in [0.25, 0.3) is 0 Å². The summed E-state index contributed by atoms with van der Waals surface area (Å²) in [6, 6.07) is 6.42. The highest BCUT2D eigenvalue weighted by molar-refractivity contribution is 5.46. The third-order valence-corrected chi connectivity index (χ3v) is 5.92. The first-order valence-corrected chi connectivity index (χ1v) is 10.4. The van der Waals surface area contributed by atoms with Crippen LogP contribution in [-0.2, 0) is 23.4 Å². The van der Waals surface area contributed by atoms with Crippen LogP contribution in [0.15, 0.2) is 49.1 Å². The van der Waals surface area contributed by atoms with Gasteiger partial charge in [-0.2, -0.15) is 13.2 Å². The van der Waals surface area contributed by atoms with Crippen LogP contribution in [0.2, 0.25) is 0 Å². The van der Waals surface area contributed by atoms with Crippen LogP contribution in [-0.4, -0.2) is 18.8 Å². The molecule has 4 rings (SSSR count). The molecule has 4 nitrogen and oxygen atoms in total. The number of fused-ring (bicyclic) bond motifs is 2. The van der Waals surface area contributed by atoms with Gasteiger partial charge in [0, 0.05) is 47.0 Å². The third kappa shape index (κ3) is 4.05. The van der Waals surface area contributed by atoms with Crippen molar-refractivity contribution in [3.05, 3.63) is 71.6 Å². The molecule has 7 heteroatoms. The first-order valence-electron chi connectivity index (χ1n) is 10.4. The number of halogens is 3. The Morgan fingerprint density at radius 1 is 0.806 bits per heavy atom. The quantitative estimate of drug-likeness (QED) is 0.387. The molecule has 4 aromatic heterocycles. The number of aryl methyl sites for hydroxylation is 1. The van der Waals surface area contributed by atoms with E-state index in [1.54, 1.807) is 10.6 Å². The van der Waals surface area contributed by atoms with E-state index in [0.29, 0.717) is 5.65 Å². The number of nitrogens with zero attached hydrogens (tertiary/aromatic N) is 4. The molecule has 0 N–H and O–H groups in total. The largest absolute Gasteiger partial charge is 0.416 e. The van der Waals surface area contributed by atoms with Gasteiger partial charge in [-0.15, -0.1) is 0 Å². The smallest absolute Gasteiger partial charge is 0.304 e. The molecule has 0 radical (unpaired) electrons. The summed E-state index contributed by atoms with van der Waals surface area (Å²) in [5, 5.41) is 0. The van der Waals surface area contributed by atoms with Gasteiger partial charge in [-0.25, -0.2) is 9.97 Å². The fourth-order valence-corrected chi connectivity index (χ4v) is 3.98. The normalized spacial score (nSPS) is 13.4. The van der Waals surface area contributed by atoms with E-state index in [1.165, 1.54) is 17.5 Å². The van der Waals surface area contributed by atoms with Crippen LogP contribution in [0.5, 0.6) is 0 Å². The highest BCUT2D eigenvalue weighted by Crippen LogP contribution is 2.33. The minimum atomic E-state index is -4.37. The lowest BCUT2D eigenvalue weighted by Crippen LogP contribution is -2.20. The third-order valence-electron chi connectivity index (χ3n) is 5.92. The minimum absolute atomic E-state index is 0.0119. The van der Waals surface area contributed by atoms with Crippen LogP contribution in [0.3, 0.4) is 0 Å². The summed E-state index contributed by atoms with van der Waals surface area (Å²) >= 11 is 0. The monoisotopic (exact) mass is 428 g/mol. The van der Waals surface area contributed by atoms with Crippen molar-refractivity contribution in [3.63, 3.8) is 0 Å². The Kier molecular flexibility index (Phi) is 4.91. The maximum atomic E-state index is 13.0. The second-order valence-corrected chi connectivity index (χ2v) is 9.83. The topological polar surface area (TPSA) is 34.6 Å². The van der Waals surface area contributed by atoms with Crippen LogP contribution in [0.1, 0.15) is 63.6 Å². The lowest BCUT2D eigenvalue weighted by Gasteiger charge is -2.24. The first-order chi connectivity index (χ1) is 14.4. The molecule has 4 aromatic rings. The summed E-state index contributed by atoms with van der Waals surface area (Å²) in [5.41, 5.74) is 3.54. The predicted octanol–water partition coefficient (Wildman–Crippen LogP) is 6.21. The Balaban J connectivity index is 1.57. The maximum absolute atomic E-state index is 13.0. The molecule has 0 unspecified atom stereocenters. The highest BCUT2D eigenvalue weighted by Gasteiger charge is 2.32. The van der Waals surface area contributed by atoms with E-state index >= 15 is 0 Å². The molecule has 0 amide bonds. The van der Waals surface area contributed by atoms with Crippen molar-refractivity contribution < 1.29 is 13.2 Å². The van der Waals surface area contributed by atoms with E-state index in [0.717, 1.165) is 36.3 Å². The highest BCUT2D eigenvalue weighted by atomic mass is 19.4. The van der Waals surface area contributed by atoms with Crippen LogP contribution >= 0.6 is 0 Å². The van der Waals surface area contributed by atoms with Gasteiger partial charge >= 0.3 is 6.18 Å². The second-order valence-electron chi connectivity index (χ2n) is 9.83. The Morgan fingerprint density at radius 2 is 1.39 bits per heavy atom. The zero-order valence-electron chi connectivity index (χ0n) is 18.5. The van der Waals surface area contributed by atoms with Crippen molar-refractivity contribution >= 4 is 11.3 Å². The fourth-order valence-electron chi connectivity index (χ4n) is 3.98. The second kappa shape index (κ2) is 7.11. The Morgan fingerprint density at radius 3 is 2.03 bits per heavy atom. The molecule has 4 heterocycles. The van der Waals surface area contributed by atoms with Crippen molar-refractivity contribution in [2.24, 2.45) is 0 Å². The van der Waals surface area contributed by atoms with E-state index in [-0.39, 0.29) is 10.8 Å². The molecule has 0 atom stereocenters. The van der Waals surface area contributed by atoms with Gasteiger partial charge in [0.05, 0.1) is 5.56 Å². The zero-order chi connectivity index (χ0) is 22.6. The number of pyridine rings is 2. The molecule has 0 saturated heterocycles. The minimum Gasteiger partial charge on any atom is -0.304 e. The summed E-state index contributed by atoms with van der Waals surface area (Å²) in [7, 11) is 0. The van der Waals surface area contributed by atoms with Crippen LogP contribution in [0, 0.1) is 0 Å². The van der Waals surface area contributed by atoms with Crippen molar-refractivity contribution in [1.82, 2.24) is 18.8 Å². The van der Waals surface area contributed by atoms with Gasteiger partial charge in [-0.1, -0.05) is 34.6 Å².